The lowest BCUT2D eigenvalue weighted by atomic mass is 9.97. The molecule has 2 atom stereocenters. The van der Waals surface area contributed by atoms with Crippen LogP contribution >= 0.6 is 0 Å². The molecule has 0 aliphatic rings. The molecule has 0 spiro atoms. The van der Waals surface area contributed by atoms with Gasteiger partial charge in [0.05, 0.1) is 10.5 Å². The molecule has 7 heteroatoms. The number of nitrogens with one attached hydrogen (secondary N) is 1. The van der Waals surface area contributed by atoms with Gasteiger partial charge < -0.3 is 10.1 Å². The van der Waals surface area contributed by atoms with Crippen molar-refractivity contribution in [3.05, 3.63) is 59.2 Å². The summed E-state index contributed by atoms with van der Waals surface area (Å²) in [6.45, 7) is 7.30. The highest BCUT2D eigenvalue weighted by molar-refractivity contribution is 7.90. The van der Waals surface area contributed by atoms with E-state index in [1.807, 2.05) is 24.3 Å². The van der Waals surface area contributed by atoms with Gasteiger partial charge in [-0.1, -0.05) is 38.1 Å². The first-order valence-electron chi connectivity index (χ1n) is 9.46. The molecular weight excluding hydrogens is 390 g/mol. The van der Waals surface area contributed by atoms with Crippen LogP contribution < -0.4 is 5.32 Å². The van der Waals surface area contributed by atoms with Gasteiger partial charge in [0.2, 0.25) is 0 Å². The molecule has 0 heterocycles. The van der Waals surface area contributed by atoms with Crippen LogP contribution in [0.2, 0.25) is 0 Å². The van der Waals surface area contributed by atoms with Gasteiger partial charge >= 0.3 is 5.97 Å². The molecule has 156 valence electrons. The Labute approximate surface area is 172 Å². The summed E-state index contributed by atoms with van der Waals surface area (Å²) in [4.78, 5) is 25.1. The van der Waals surface area contributed by atoms with E-state index in [1.165, 1.54) is 19.1 Å². The van der Waals surface area contributed by atoms with Crippen LogP contribution in [0.15, 0.2) is 47.4 Å². The van der Waals surface area contributed by atoms with Crippen molar-refractivity contribution in [3.63, 3.8) is 0 Å². The van der Waals surface area contributed by atoms with Gasteiger partial charge in [0.1, 0.15) is 0 Å². The number of rotatable bonds is 7. The first-order valence-corrected chi connectivity index (χ1v) is 11.3. The minimum Gasteiger partial charge on any atom is -0.449 e. The molecule has 0 aliphatic carbocycles. The number of amides is 1. The molecule has 29 heavy (non-hydrogen) atoms. The SMILES string of the molecule is CC[C@@H](C)c1ccccc1NC(=O)[C@H](C)OC(=O)c1cc(S(C)(=O)=O)ccc1C. The van der Waals surface area contributed by atoms with E-state index in [0.717, 1.165) is 18.2 Å². The third-order valence-corrected chi connectivity index (χ3v) is 5.98. The van der Waals surface area contributed by atoms with E-state index >= 15 is 0 Å². The highest BCUT2D eigenvalue weighted by Gasteiger charge is 2.22. The molecule has 6 nitrogen and oxygen atoms in total. The number of carbonyl (C=O) groups excluding carboxylic acids is 2. The Kier molecular flexibility index (Phi) is 7.19. The Balaban J connectivity index is 2.16. The average molecular weight is 418 g/mol. The first-order chi connectivity index (χ1) is 13.5. The van der Waals surface area contributed by atoms with Gasteiger partial charge in [0.15, 0.2) is 15.9 Å². The van der Waals surface area contributed by atoms with Crippen LogP contribution in [-0.4, -0.2) is 32.7 Å². The molecule has 1 amide bonds. The predicted molar refractivity (Wildman–Crippen MR) is 113 cm³/mol. The van der Waals surface area contributed by atoms with Crippen molar-refractivity contribution in [2.75, 3.05) is 11.6 Å². The minimum absolute atomic E-state index is 0.0228. The average Bonchev–Trinajstić information content (AvgIpc) is 2.67. The summed E-state index contributed by atoms with van der Waals surface area (Å²) in [6.07, 6.45) is 0.944. The number of sulfone groups is 1. The lowest BCUT2D eigenvalue weighted by Crippen LogP contribution is -2.30. The van der Waals surface area contributed by atoms with Crippen LogP contribution in [0.1, 0.15) is 54.6 Å². The molecule has 0 radical (unpaired) electrons. The first kappa shape index (κ1) is 22.6. The number of para-hydroxylation sites is 1. The van der Waals surface area contributed by atoms with Crippen molar-refractivity contribution in [1.29, 1.82) is 0 Å². The number of aryl methyl sites for hydroxylation is 1. The molecule has 0 unspecified atom stereocenters. The fraction of sp³-hybridized carbons (Fsp3) is 0.364. The zero-order valence-electron chi connectivity index (χ0n) is 17.4. The Morgan fingerprint density at radius 1 is 1.10 bits per heavy atom. The minimum atomic E-state index is -3.46. The molecule has 0 aliphatic heterocycles. The largest absolute Gasteiger partial charge is 0.449 e. The lowest BCUT2D eigenvalue weighted by Gasteiger charge is -2.18. The van der Waals surface area contributed by atoms with Crippen LogP contribution in [0.5, 0.6) is 0 Å². The van der Waals surface area contributed by atoms with Crippen LogP contribution in [-0.2, 0) is 19.4 Å². The Morgan fingerprint density at radius 2 is 1.76 bits per heavy atom. The maximum atomic E-state index is 12.6. The van der Waals surface area contributed by atoms with Gasteiger partial charge in [0, 0.05) is 11.9 Å². The molecule has 0 saturated carbocycles. The third kappa shape index (κ3) is 5.67. The van der Waals surface area contributed by atoms with Gasteiger partial charge in [-0.05, 0) is 55.5 Å². The lowest BCUT2D eigenvalue weighted by molar-refractivity contribution is -0.123. The van der Waals surface area contributed by atoms with E-state index in [1.54, 1.807) is 13.0 Å². The number of carbonyl (C=O) groups is 2. The van der Waals surface area contributed by atoms with E-state index in [4.69, 9.17) is 4.74 Å². The molecule has 0 fully saturated rings. The summed E-state index contributed by atoms with van der Waals surface area (Å²) in [7, 11) is -3.46. The molecule has 2 aromatic rings. The normalized spacial score (nSPS) is 13.4. The van der Waals surface area contributed by atoms with Gasteiger partial charge in [-0.15, -0.1) is 0 Å². The zero-order chi connectivity index (χ0) is 21.8. The topological polar surface area (TPSA) is 89.5 Å². The molecule has 2 rings (SSSR count). The van der Waals surface area contributed by atoms with Crippen molar-refractivity contribution in [1.82, 2.24) is 0 Å². The van der Waals surface area contributed by atoms with Crippen molar-refractivity contribution in [2.45, 2.75) is 51.0 Å². The number of ether oxygens (including phenoxy) is 1. The fourth-order valence-corrected chi connectivity index (χ4v) is 3.47. The van der Waals surface area contributed by atoms with Crippen LogP contribution in [0.3, 0.4) is 0 Å². The number of benzene rings is 2. The monoisotopic (exact) mass is 417 g/mol. The van der Waals surface area contributed by atoms with Gasteiger partial charge in [-0.3, -0.25) is 4.79 Å². The maximum Gasteiger partial charge on any atom is 0.339 e. The molecule has 0 bridgehead atoms. The van der Waals surface area contributed by atoms with Crippen molar-refractivity contribution >= 4 is 27.4 Å². The summed E-state index contributed by atoms with van der Waals surface area (Å²) < 4.78 is 28.8. The molecule has 1 N–H and O–H groups in total. The summed E-state index contributed by atoms with van der Waals surface area (Å²) in [5.41, 5.74) is 2.38. The second kappa shape index (κ2) is 9.22. The summed E-state index contributed by atoms with van der Waals surface area (Å²) in [6, 6.07) is 11.8. The molecular formula is C22H27NO5S. The van der Waals surface area contributed by atoms with Crippen LogP contribution in [0.25, 0.3) is 0 Å². The van der Waals surface area contributed by atoms with E-state index in [0.29, 0.717) is 11.3 Å². The molecule has 0 aromatic heterocycles. The van der Waals surface area contributed by atoms with Gasteiger partial charge in [0.25, 0.3) is 5.91 Å². The number of anilines is 1. The number of hydrogen-bond donors (Lipinski definition) is 1. The Hall–Kier alpha value is -2.67. The highest BCUT2D eigenvalue weighted by Crippen LogP contribution is 2.26. The number of hydrogen-bond acceptors (Lipinski definition) is 5. The predicted octanol–water partition coefficient (Wildman–Crippen LogP) is 4.10. The summed E-state index contributed by atoms with van der Waals surface area (Å²) in [5.74, 6) is -0.928. The second-order valence-electron chi connectivity index (χ2n) is 7.18. The van der Waals surface area contributed by atoms with Gasteiger partial charge in [-0.25, -0.2) is 13.2 Å². The quantitative estimate of drug-likeness (QED) is 0.685. The van der Waals surface area contributed by atoms with E-state index < -0.39 is 27.8 Å². The van der Waals surface area contributed by atoms with E-state index in [9.17, 15) is 18.0 Å². The second-order valence-corrected chi connectivity index (χ2v) is 9.20. The van der Waals surface area contributed by atoms with Crippen molar-refractivity contribution in [3.8, 4) is 0 Å². The van der Waals surface area contributed by atoms with Crippen molar-refractivity contribution in [2.24, 2.45) is 0 Å². The standard InChI is InChI=1S/C22H27NO5S/c1-6-14(2)18-9-7-8-10-20(18)23-21(24)16(4)28-22(25)19-13-17(29(5,26)27)12-11-15(19)3/h7-14,16H,6H2,1-5H3,(H,23,24)/t14-,16+/m1/s1. The molecule has 0 saturated heterocycles. The zero-order valence-corrected chi connectivity index (χ0v) is 18.2. The Bertz CT molecular complexity index is 1010. The van der Waals surface area contributed by atoms with E-state index in [2.05, 4.69) is 19.2 Å². The third-order valence-electron chi connectivity index (χ3n) is 4.87. The number of esters is 1. The fourth-order valence-electron chi connectivity index (χ4n) is 2.82. The molecule has 2 aromatic carbocycles. The summed E-state index contributed by atoms with van der Waals surface area (Å²) in [5, 5.41) is 2.82. The summed E-state index contributed by atoms with van der Waals surface area (Å²) >= 11 is 0. The maximum absolute atomic E-state index is 12.6. The Morgan fingerprint density at radius 3 is 2.38 bits per heavy atom. The smallest absolute Gasteiger partial charge is 0.339 e. The van der Waals surface area contributed by atoms with Crippen molar-refractivity contribution < 1.29 is 22.7 Å². The van der Waals surface area contributed by atoms with Gasteiger partial charge in [-0.2, -0.15) is 0 Å². The highest BCUT2D eigenvalue weighted by atomic mass is 32.2. The van der Waals surface area contributed by atoms with Crippen LogP contribution in [0, 0.1) is 6.92 Å². The van der Waals surface area contributed by atoms with Crippen LogP contribution in [0.4, 0.5) is 5.69 Å². The van der Waals surface area contributed by atoms with E-state index in [-0.39, 0.29) is 16.4 Å².